The molecule has 1 heterocycles. The Hall–Kier alpha value is -1.68. The zero-order valence-corrected chi connectivity index (χ0v) is 17.9. The standard InChI is InChI=1S/C20H39N5O4/c1-2-3-4-5-6-7-9-26-11-13-28-15-16-29-14-12-27-10-8-17-18(21)24-20(23)25-19(17)22/h2-16H2,1H3,(H6,21,22,23,24,25). The molecule has 0 bridgehead atoms. The van der Waals surface area contributed by atoms with E-state index in [0.29, 0.717) is 69.9 Å². The Morgan fingerprint density at radius 3 is 1.59 bits per heavy atom. The van der Waals surface area contributed by atoms with Gasteiger partial charge in [-0.2, -0.15) is 9.97 Å². The Morgan fingerprint density at radius 1 is 0.586 bits per heavy atom. The Labute approximate surface area is 174 Å². The number of rotatable bonds is 19. The summed E-state index contributed by atoms with van der Waals surface area (Å²) in [6.07, 6.45) is 8.20. The Kier molecular flexibility index (Phi) is 15.0. The zero-order valence-electron chi connectivity index (χ0n) is 17.9. The maximum absolute atomic E-state index is 5.78. The first-order chi connectivity index (χ1) is 14.1. The normalized spacial score (nSPS) is 11.2. The maximum atomic E-state index is 5.78. The van der Waals surface area contributed by atoms with Crippen LogP contribution in [0.15, 0.2) is 0 Å². The molecule has 9 nitrogen and oxygen atoms in total. The van der Waals surface area contributed by atoms with Crippen molar-refractivity contribution in [1.29, 1.82) is 0 Å². The lowest BCUT2D eigenvalue weighted by molar-refractivity contribution is -0.00182. The van der Waals surface area contributed by atoms with E-state index in [1.165, 1.54) is 32.1 Å². The van der Waals surface area contributed by atoms with Gasteiger partial charge >= 0.3 is 0 Å². The van der Waals surface area contributed by atoms with Gasteiger partial charge in [0.25, 0.3) is 0 Å². The van der Waals surface area contributed by atoms with Gasteiger partial charge in [-0.3, -0.25) is 0 Å². The number of hydrogen-bond acceptors (Lipinski definition) is 9. The number of hydrogen-bond donors (Lipinski definition) is 3. The van der Waals surface area contributed by atoms with E-state index in [2.05, 4.69) is 16.9 Å². The van der Waals surface area contributed by atoms with Gasteiger partial charge < -0.3 is 36.1 Å². The quantitative estimate of drug-likeness (QED) is 0.291. The average Bonchev–Trinajstić information content (AvgIpc) is 2.68. The molecule has 0 atom stereocenters. The molecular weight excluding hydrogens is 374 g/mol. The molecule has 0 aliphatic carbocycles. The third kappa shape index (κ3) is 13.2. The number of nitrogen functional groups attached to an aromatic ring is 3. The molecule has 6 N–H and O–H groups in total. The summed E-state index contributed by atoms with van der Waals surface area (Å²) in [5.41, 5.74) is 17.7. The average molecular weight is 414 g/mol. The van der Waals surface area contributed by atoms with Crippen LogP contribution in [0.5, 0.6) is 0 Å². The van der Waals surface area contributed by atoms with Gasteiger partial charge in [0.1, 0.15) is 11.6 Å². The van der Waals surface area contributed by atoms with Crippen LogP contribution in [0.4, 0.5) is 17.6 Å². The number of aromatic nitrogens is 2. The highest BCUT2D eigenvalue weighted by molar-refractivity contribution is 5.55. The first-order valence-electron chi connectivity index (χ1n) is 10.6. The molecule has 29 heavy (non-hydrogen) atoms. The predicted molar refractivity (Wildman–Crippen MR) is 116 cm³/mol. The SMILES string of the molecule is CCCCCCCCOCCOCCOCCOCCc1c(N)nc(N)nc1N. The fourth-order valence-electron chi connectivity index (χ4n) is 2.71. The molecule has 0 unspecified atom stereocenters. The molecule has 168 valence electrons. The van der Waals surface area contributed by atoms with E-state index < -0.39 is 0 Å². The molecule has 0 aromatic carbocycles. The molecule has 0 saturated heterocycles. The van der Waals surface area contributed by atoms with Crippen LogP contribution < -0.4 is 17.2 Å². The van der Waals surface area contributed by atoms with Crippen LogP contribution in [-0.4, -0.2) is 62.8 Å². The molecule has 9 heteroatoms. The summed E-state index contributed by atoms with van der Waals surface area (Å²) in [6.45, 7) is 6.82. The van der Waals surface area contributed by atoms with Crippen LogP contribution in [0.3, 0.4) is 0 Å². The largest absolute Gasteiger partial charge is 0.383 e. The lowest BCUT2D eigenvalue weighted by Gasteiger charge is -2.09. The van der Waals surface area contributed by atoms with Gasteiger partial charge in [-0.1, -0.05) is 39.0 Å². The predicted octanol–water partition coefficient (Wildman–Crippen LogP) is 2.19. The van der Waals surface area contributed by atoms with E-state index in [9.17, 15) is 0 Å². The van der Waals surface area contributed by atoms with Gasteiger partial charge in [0.15, 0.2) is 0 Å². The van der Waals surface area contributed by atoms with Crippen molar-refractivity contribution < 1.29 is 18.9 Å². The van der Waals surface area contributed by atoms with Crippen molar-refractivity contribution in [1.82, 2.24) is 9.97 Å². The Morgan fingerprint density at radius 2 is 1.03 bits per heavy atom. The second kappa shape index (κ2) is 17.2. The lowest BCUT2D eigenvalue weighted by Crippen LogP contribution is -2.14. The van der Waals surface area contributed by atoms with Gasteiger partial charge in [-0.25, -0.2) is 0 Å². The minimum Gasteiger partial charge on any atom is -0.383 e. The molecule has 0 fully saturated rings. The molecule has 0 saturated carbocycles. The van der Waals surface area contributed by atoms with Crippen LogP contribution in [0.2, 0.25) is 0 Å². The molecule has 0 aliphatic heterocycles. The van der Waals surface area contributed by atoms with E-state index >= 15 is 0 Å². The van der Waals surface area contributed by atoms with Crippen molar-refractivity contribution in [2.24, 2.45) is 0 Å². The minimum absolute atomic E-state index is 0.0738. The fraction of sp³-hybridized carbons (Fsp3) is 0.800. The van der Waals surface area contributed by atoms with Crippen LogP contribution in [-0.2, 0) is 25.4 Å². The third-order valence-corrected chi connectivity index (χ3v) is 4.34. The highest BCUT2D eigenvalue weighted by Crippen LogP contribution is 2.17. The van der Waals surface area contributed by atoms with Crippen molar-refractivity contribution in [2.45, 2.75) is 51.9 Å². The Bertz CT molecular complexity index is 511. The number of nitrogens with two attached hydrogens (primary N) is 3. The van der Waals surface area contributed by atoms with E-state index in [1.807, 2.05) is 0 Å². The molecule has 0 aliphatic rings. The molecule has 0 amide bonds. The smallest absolute Gasteiger partial charge is 0.223 e. The van der Waals surface area contributed by atoms with Crippen molar-refractivity contribution in [3.05, 3.63) is 5.56 Å². The summed E-state index contributed by atoms with van der Waals surface area (Å²) in [4.78, 5) is 7.79. The lowest BCUT2D eigenvalue weighted by atomic mass is 10.1. The van der Waals surface area contributed by atoms with Gasteiger partial charge in [0, 0.05) is 18.6 Å². The van der Waals surface area contributed by atoms with E-state index in [1.54, 1.807) is 0 Å². The molecule has 1 aromatic heterocycles. The second-order valence-corrected chi connectivity index (χ2v) is 6.80. The van der Waals surface area contributed by atoms with E-state index in [0.717, 1.165) is 13.0 Å². The highest BCUT2D eigenvalue weighted by Gasteiger charge is 2.08. The highest BCUT2D eigenvalue weighted by atomic mass is 16.6. The van der Waals surface area contributed by atoms with Crippen LogP contribution in [0.1, 0.15) is 51.0 Å². The van der Waals surface area contributed by atoms with E-state index in [4.69, 9.17) is 36.1 Å². The number of nitrogens with zero attached hydrogens (tertiary/aromatic N) is 2. The van der Waals surface area contributed by atoms with Gasteiger partial charge in [0.05, 0.1) is 46.2 Å². The molecule has 0 spiro atoms. The van der Waals surface area contributed by atoms with Gasteiger partial charge in [-0.15, -0.1) is 0 Å². The number of anilines is 3. The topological polar surface area (TPSA) is 141 Å². The first-order valence-corrected chi connectivity index (χ1v) is 10.6. The number of ether oxygens (including phenoxy) is 4. The van der Waals surface area contributed by atoms with Gasteiger partial charge in [0.2, 0.25) is 5.95 Å². The van der Waals surface area contributed by atoms with Crippen molar-refractivity contribution in [3.63, 3.8) is 0 Å². The summed E-state index contributed by atoms with van der Waals surface area (Å²) >= 11 is 0. The third-order valence-electron chi connectivity index (χ3n) is 4.34. The molecule has 1 rings (SSSR count). The monoisotopic (exact) mass is 413 g/mol. The van der Waals surface area contributed by atoms with Crippen LogP contribution >= 0.6 is 0 Å². The second-order valence-electron chi connectivity index (χ2n) is 6.80. The zero-order chi connectivity index (χ0) is 21.2. The molecule has 1 aromatic rings. The summed E-state index contributed by atoms with van der Waals surface area (Å²) in [6, 6.07) is 0. The molecular formula is C20H39N5O4. The Balaban J connectivity index is 1.82. The van der Waals surface area contributed by atoms with Crippen molar-refractivity contribution >= 4 is 17.6 Å². The maximum Gasteiger partial charge on any atom is 0.223 e. The number of unbranched alkanes of at least 4 members (excludes halogenated alkanes) is 5. The van der Waals surface area contributed by atoms with Crippen LogP contribution in [0.25, 0.3) is 0 Å². The molecule has 0 radical (unpaired) electrons. The summed E-state index contributed by atoms with van der Waals surface area (Å²) in [7, 11) is 0. The summed E-state index contributed by atoms with van der Waals surface area (Å²) in [5.74, 6) is 0.663. The minimum atomic E-state index is 0.0738. The van der Waals surface area contributed by atoms with Crippen molar-refractivity contribution in [2.75, 3.05) is 70.1 Å². The van der Waals surface area contributed by atoms with Gasteiger partial charge in [-0.05, 0) is 6.42 Å². The summed E-state index contributed by atoms with van der Waals surface area (Å²) < 4.78 is 22.0. The fourth-order valence-corrected chi connectivity index (χ4v) is 2.71. The van der Waals surface area contributed by atoms with E-state index in [-0.39, 0.29) is 5.95 Å². The first kappa shape index (κ1) is 25.4. The summed E-state index contributed by atoms with van der Waals surface area (Å²) in [5, 5.41) is 0. The van der Waals surface area contributed by atoms with Crippen LogP contribution in [0, 0.1) is 0 Å². The van der Waals surface area contributed by atoms with Crippen molar-refractivity contribution in [3.8, 4) is 0 Å².